The SMILES string of the molecule is COc1ccc(CC2OCC3=C4CC5([Se]c6ccccc6)C(=O)C[C@H](C(C)C)[C@@]5(C)CC[C@]4(C)CC[C@@H]3O2)cc1. The van der Waals surface area contributed by atoms with Crippen LogP contribution in [0.4, 0.5) is 0 Å². The number of Topliss-reactive ketones (excluding diaryl/α,β-unsaturated/α-hetero) is 1. The van der Waals surface area contributed by atoms with Crippen LogP contribution in [0, 0.1) is 22.7 Å². The fourth-order valence-corrected chi connectivity index (χ4v) is 11.7. The summed E-state index contributed by atoms with van der Waals surface area (Å²) >= 11 is 0.0583. The molecular formula is C35H44O4Se. The van der Waals surface area contributed by atoms with Crippen LogP contribution in [0.5, 0.6) is 5.75 Å². The third-order valence-electron chi connectivity index (χ3n) is 10.8. The van der Waals surface area contributed by atoms with E-state index >= 15 is 0 Å². The molecule has 0 spiro atoms. The molecule has 6 rings (SSSR count). The predicted octanol–water partition coefficient (Wildman–Crippen LogP) is 6.70. The molecule has 0 N–H and O–H groups in total. The van der Waals surface area contributed by atoms with Crippen molar-refractivity contribution in [2.24, 2.45) is 22.7 Å². The van der Waals surface area contributed by atoms with Crippen LogP contribution < -0.4 is 9.20 Å². The summed E-state index contributed by atoms with van der Waals surface area (Å²) in [6.07, 6.45) is 6.59. The monoisotopic (exact) mass is 608 g/mol. The Morgan fingerprint density at radius 1 is 1.02 bits per heavy atom. The summed E-state index contributed by atoms with van der Waals surface area (Å²) in [4.78, 5) is 14.4. The number of fused-ring (bicyclic) bond motifs is 3. The molecule has 0 bridgehead atoms. The number of carbonyl (C=O) groups excluding carboxylic acids is 1. The van der Waals surface area contributed by atoms with E-state index in [1.807, 2.05) is 12.1 Å². The number of hydrogen-bond acceptors (Lipinski definition) is 4. The van der Waals surface area contributed by atoms with Crippen molar-refractivity contribution >= 4 is 25.2 Å². The maximum absolute atomic E-state index is 14.4. The number of ketones is 1. The van der Waals surface area contributed by atoms with E-state index in [1.54, 1.807) is 7.11 Å². The Morgan fingerprint density at radius 2 is 1.77 bits per heavy atom. The van der Waals surface area contributed by atoms with E-state index in [1.165, 1.54) is 21.2 Å². The van der Waals surface area contributed by atoms with Crippen LogP contribution >= 0.6 is 0 Å². The number of allylic oxidation sites excluding steroid dienone is 1. The first kappa shape index (κ1) is 28.2. The van der Waals surface area contributed by atoms with Crippen LogP contribution in [0.1, 0.15) is 71.8 Å². The molecule has 3 fully saturated rings. The molecule has 2 unspecified atom stereocenters. The van der Waals surface area contributed by atoms with Gasteiger partial charge in [0.1, 0.15) is 0 Å². The van der Waals surface area contributed by atoms with Crippen molar-refractivity contribution < 1.29 is 19.0 Å². The van der Waals surface area contributed by atoms with Crippen molar-refractivity contribution in [2.75, 3.05) is 13.7 Å². The number of carbonyl (C=O) groups is 1. The average molecular weight is 608 g/mol. The number of hydrogen-bond donors (Lipinski definition) is 0. The fourth-order valence-electron chi connectivity index (χ4n) is 8.31. The molecule has 0 radical (unpaired) electrons. The Balaban J connectivity index is 1.35. The summed E-state index contributed by atoms with van der Waals surface area (Å²) in [5, 5.41) is 0. The Bertz CT molecular complexity index is 1270. The Labute approximate surface area is 246 Å². The van der Waals surface area contributed by atoms with Gasteiger partial charge in [0.05, 0.1) is 7.11 Å². The third-order valence-corrected chi connectivity index (χ3v) is 14.4. The van der Waals surface area contributed by atoms with E-state index in [2.05, 4.69) is 70.2 Å². The molecule has 4 nitrogen and oxygen atoms in total. The Hall–Kier alpha value is -1.91. The van der Waals surface area contributed by atoms with Crippen LogP contribution in [-0.2, 0) is 20.7 Å². The predicted molar refractivity (Wildman–Crippen MR) is 160 cm³/mol. The van der Waals surface area contributed by atoms with Gasteiger partial charge < -0.3 is 4.74 Å². The zero-order valence-electron chi connectivity index (χ0n) is 24.7. The average Bonchev–Trinajstić information content (AvgIpc) is 3.10. The van der Waals surface area contributed by atoms with Gasteiger partial charge in [-0.15, -0.1) is 0 Å². The summed E-state index contributed by atoms with van der Waals surface area (Å²) in [7, 11) is 1.69. The van der Waals surface area contributed by atoms with Gasteiger partial charge in [-0.3, -0.25) is 0 Å². The number of ether oxygens (including phenoxy) is 3. The zero-order valence-corrected chi connectivity index (χ0v) is 26.4. The Kier molecular flexibility index (Phi) is 7.57. The molecule has 1 heterocycles. The molecule has 0 aromatic heterocycles. The van der Waals surface area contributed by atoms with Crippen molar-refractivity contribution in [3.63, 3.8) is 0 Å². The van der Waals surface area contributed by atoms with E-state index in [9.17, 15) is 4.79 Å². The molecule has 2 aromatic carbocycles. The Morgan fingerprint density at radius 3 is 2.48 bits per heavy atom. The quantitative estimate of drug-likeness (QED) is 0.271. The third kappa shape index (κ3) is 4.71. The first-order chi connectivity index (χ1) is 19.2. The molecular weight excluding hydrogens is 563 g/mol. The van der Waals surface area contributed by atoms with Crippen LogP contribution in [-0.4, -0.2) is 46.9 Å². The van der Waals surface area contributed by atoms with Crippen LogP contribution in [0.25, 0.3) is 0 Å². The minimum absolute atomic E-state index is 0.00474. The molecule has 2 aromatic rings. The van der Waals surface area contributed by atoms with Gasteiger partial charge in [-0.1, -0.05) is 0 Å². The minimum atomic E-state index is -0.321. The van der Waals surface area contributed by atoms with Crippen molar-refractivity contribution in [1.82, 2.24) is 0 Å². The van der Waals surface area contributed by atoms with Crippen molar-refractivity contribution in [3.8, 4) is 5.75 Å². The maximum atomic E-state index is 14.4. The first-order valence-electron chi connectivity index (χ1n) is 15.1. The second-order valence-electron chi connectivity index (χ2n) is 13.3. The van der Waals surface area contributed by atoms with E-state index < -0.39 is 0 Å². The summed E-state index contributed by atoms with van der Waals surface area (Å²) in [6.45, 7) is 10.2. The van der Waals surface area contributed by atoms with E-state index in [4.69, 9.17) is 14.2 Å². The van der Waals surface area contributed by atoms with Crippen molar-refractivity contribution in [2.45, 2.75) is 89.3 Å². The second kappa shape index (κ2) is 10.7. The molecule has 1 aliphatic heterocycles. The zero-order chi connectivity index (χ0) is 28.1. The molecule has 40 heavy (non-hydrogen) atoms. The van der Waals surface area contributed by atoms with Crippen molar-refractivity contribution in [1.29, 1.82) is 0 Å². The summed E-state index contributed by atoms with van der Waals surface area (Å²) < 4.78 is 19.4. The van der Waals surface area contributed by atoms with Gasteiger partial charge in [0.15, 0.2) is 0 Å². The topological polar surface area (TPSA) is 44.8 Å². The standard InChI is InChI=1S/C35H44O4Se/c1-23(2)28-20-31(36)35(40-26-9-7-6-8-10-26)21-29-27-22-38-32(19-24-11-13-25(37-5)14-12-24)39-30(27)15-16-33(29,3)17-18-34(28,35)4/h6-14,23,28,30,32H,15-22H2,1-5H3/t28-,30+,32?,33+,34-,35?/m1/s1. The van der Waals surface area contributed by atoms with Gasteiger partial charge in [-0.25, -0.2) is 0 Å². The van der Waals surface area contributed by atoms with Gasteiger partial charge in [0, 0.05) is 0 Å². The van der Waals surface area contributed by atoms with E-state index in [0.29, 0.717) is 24.2 Å². The fraction of sp³-hybridized carbons (Fsp3) is 0.571. The van der Waals surface area contributed by atoms with E-state index in [-0.39, 0.29) is 42.5 Å². The number of rotatable bonds is 6. The summed E-state index contributed by atoms with van der Waals surface area (Å²) in [5.41, 5.74) is 4.13. The van der Waals surface area contributed by atoms with Crippen LogP contribution in [0.2, 0.25) is 4.31 Å². The van der Waals surface area contributed by atoms with Gasteiger partial charge in [0.2, 0.25) is 0 Å². The first-order valence-corrected chi connectivity index (χ1v) is 16.8. The number of benzene rings is 2. The molecule has 0 amide bonds. The summed E-state index contributed by atoms with van der Waals surface area (Å²) in [6, 6.07) is 19.0. The molecule has 5 heteroatoms. The molecule has 4 aliphatic rings. The normalized spacial score (nSPS) is 35.6. The van der Waals surface area contributed by atoms with Gasteiger partial charge in [0.25, 0.3) is 0 Å². The van der Waals surface area contributed by atoms with Gasteiger partial charge >= 0.3 is 235 Å². The molecule has 6 atom stereocenters. The molecule has 3 aliphatic carbocycles. The molecule has 1 saturated heterocycles. The molecule has 214 valence electrons. The summed E-state index contributed by atoms with van der Waals surface area (Å²) in [5.74, 6) is 2.30. The van der Waals surface area contributed by atoms with Crippen LogP contribution in [0.15, 0.2) is 65.7 Å². The van der Waals surface area contributed by atoms with E-state index in [0.717, 1.165) is 50.7 Å². The van der Waals surface area contributed by atoms with Gasteiger partial charge in [-0.2, -0.15) is 0 Å². The van der Waals surface area contributed by atoms with Gasteiger partial charge in [-0.05, 0) is 0 Å². The molecule has 2 saturated carbocycles. The van der Waals surface area contributed by atoms with Crippen molar-refractivity contribution in [3.05, 3.63) is 71.3 Å². The second-order valence-corrected chi connectivity index (χ2v) is 16.2. The number of methoxy groups -OCH3 is 1. The van der Waals surface area contributed by atoms with Crippen LogP contribution in [0.3, 0.4) is 0 Å².